The van der Waals surface area contributed by atoms with E-state index in [0.29, 0.717) is 0 Å². The highest BCUT2D eigenvalue weighted by Gasteiger charge is 2.30. The van der Waals surface area contributed by atoms with Gasteiger partial charge < -0.3 is 0 Å². The second-order valence-electron chi connectivity index (χ2n) is 9.36. The molecule has 0 radical (unpaired) electrons. The molecule has 0 heterocycles. The molecule has 130 valence electrons. The smallest absolute Gasteiger partial charge is 0.0362 e. The van der Waals surface area contributed by atoms with Gasteiger partial charge in [-0.3, -0.25) is 0 Å². The second-order valence-corrected chi connectivity index (χ2v) is 9.36. The van der Waals surface area contributed by atoms with Crippen molar-refractivity contribution < 1.29 is 0 Å². The van der Waals surface area contributed by atoms with Crippen LogP contribution in [0.3, 0.4) is 0 Å². The average Bonchev–Trinajstić information content (AvgIpc) is 2.73. The minimum atomic E-state index is 0.898. The molecule has 2 saturated carbocycles. The molecule has 0 aromatic rings. The van der Waals surface area contributed by atoms with E-state index >= 15 is 0 Å². The Morgan fingerprint density at radius 3 is 2.18 bits per heavy atom. The number of hydrogen-bond donors (Lipinski definition) is 0. The molecule has 4 unspecified atom stereocenters. The van der Waals surface area contributed by atoms with Crippen molar-refractivity contribution in [2.75, 3.05) is 0 Å². The fourth-order valence-electron chi connectivity index (χ4n) is 5.52. The summed E-state index contributed by atoms with van der Waals surface area (Å²) < 4.78 is 0. The summed E-state index contributed by atoms with van der Waals surface area (Å²) in [4.78, 5) is 0. The van der Waals surface area contributed by atoms with Crippen molar-refractivity contribution >= 4 is 0 Å². The number of hydrogen-bond acceptors (Lipinski definition) is 0. The third-order valence-corrected chi connectivity index (χ3v) is 6.90. The standard InChI is InChI=1S/C22H42/c1-17(2)22-14-12-19(4)16-21(22)13-11-18(3)15-20-9-7-5-6-8-10-20/h17-22H,5-16H2,1-4H3. The third kappa shape index (κ3) is 5.89. The lowest BCUT2D eigenvalue weighted by Crippen LogP contribution is -2.28. The predicted molar refractivity (Wildman–Crippen MR) is 99.0 cm³/mol. The Morgan fingerprint density at radius 2 is 1.55 bits per heavy atom. The van der Waals surface area contributed by atoms with Gasteiger partial charge in [0.1, 0.15) is 0 Å². The van der Waals surface area contributed by atoms with E-state index in [-0.39, 0.29) is 0 Å². The fraction of sp³-hybridized carbons (Fsp3) is 1.00. The fourth-order valence-corrected chi connectivity index (χ4v) is 5.52. The van der Waals surface area contributed by atoms with Crippen LogP contribution in [0.15, 0.2) is 0 Å². The van der Waals surface area contributed by atoms with Gasteiger partial charge in [0.2, 0.25) is 0 Å². The monoisotopic (exact) mass is 306 g/mol. The van der Waals surface area contributed by atoms with E-state index in [1.54, 1.807) is 0 Å². The largest absolute Gasteiger partial charge is 0.0625 e. The Labute approximate surface area is 140 Å². The Hall–Kier alpha value is 0. The van der Waals surface area contributed by atoms with Crippen molar-refractivity contribution in [3.8, 4) is 0 Å². The Bertz CT molecular complexity index is 284. The van der Waals surface area contributed by atoms with Crippen LogP contribution in [-0.4, -0.2) is 0 Å². The van der Waals surface area contributed by atoms with Crippen molar-refractivity contribution in [2.24, 2.45) is 35.5 Å². The minimum absolute atomic E-state index is 0.898. The maximum absolute atomic E-state index is 2.54. The lowest BCUT2D eigenvalue weighted by molar-refractivity contribution is 0.128. The van der Waals surface area contributed by atoms with Crippen molar-refractivity contribution in [3.63, 3.8) is 0 Å². The van der Waals surface area contributed by atoms with Crippen LogP contribution in [0.5, 0.6) is 0 Å². The molecule has 0 aromatic heterocycles. The summed E-state index contributed by atoms with van der Waals surface area (Å²) in [5.41, 5.74) is 0. The molecule has 22 heavy (non-hydrogen) atoms. The molecule has 4 atom stereocenters. The maximum Gasteiger partial charge on any atom is -0.0362 e. The summed E-state index contributed by atoms with van der Waals surface area (Å²) in [6, 6.07) is 0. The summed E-state index contributed by atoms with van der Waals surface area (Å²) in [5, 5.41) is 0. The molecule has 2 aliphatic rings. The first-order chi connectivity index (χ1) is 10.6. The second kappa shape index (κ2) is 9.33. The van der Waals surface area contributed by atoms with Crippen LogP contribution >= 0.6 is 0 Å². The molecule has 0 aliphatic heterocycles. The highest BCUT2D eigenvalue weighted by Crippen LogP contribution is 2.41. The van der Waals surface area contributed by atoms with Crippen LogP contribution in [0.25, 0.3) is 0 Å². The van der Waals surface area contributed by atoms with Gasteiger partial charge in [-0.1, -0.05) is 79.1 Å². The molecular formula is C22H42. The Kier molecular flexibility index (Phi) is 7.78. The summed E-state index contributed by atoms with van der Waals surface area (Å²) in [6.07, 6.45) is 18.1. The van der Waals surface area contributed by atoms with E-state index in [1.807, 2.05) is 0 Å². The summed E-state index contributed by atoms with van der Waals surface area (Å²) >= 11 is 0. The first-order valence-corrected chi connectivity index (χ1v) is 10.6. The van der Waals surface area contributed by atoms with E-state index in [4.69, 9.17) is 0 Å². The van der Waals surface area contributed by atoms with Crippen molar-refractivity contribution in [1.29, 1.82) is 0 Å². The Balaban J connectivity index is 1.74. The number of rotatable bonds is 6. The van der Waals surface area contributed by atoms with E-state index < -0.39 is 0 Å². The molecule has 0 aromatic carbocycles. The van der Waals surface area contributed by atoms with Crippen LogP contribution in [0.1, 0.15) is 105 Å². The topological polar surface area (TPSA) is 0 Å². The van der Waals surface area contributed by atoms with Crippen LogP contribution in [0.2, 0.25) is 0 Å². The maximum atomic E-state index is 2.54. The normalized spacial score (nSPS) is 32.9. The van der Waals surface area contributed by atoms with Gasteiger partial charge >= 0.3 is 0 Å². The molecule has 0 spiro atoms. The van der Waals surface area contributed by atoms with Crippen molar-refractivity contribution in [1.82, 2.24) is 0 Å². The highest BCUT2D eigenvalue weighted by atomic mass is 14.4. The predicted octanol–water partition coefficient (Wildman–Crippen LogP) is 7.47. The molecule has 2 rings (SSSR count). The van der Waals surface area contributed by atoms with Gasteiger partial charge in [0.15, 0.2) is 0 Å². The van der Waals surface area contributed by atoms with E-state index in [1.165, 1.54) is 77.0 Å². The zero-order chi connectivity index (χ0) is 15.9. The summed E-state index contributed by atoms with van der Waals surface area (Å²) in [5.74, 6) is 5.95. The molecule has 0 heteroatoms. The SMILES string of the molecule is CC(CCC1CC(C)CCC1C(C)C)CC1CCCCCC1. The summed E-state index contributed by atoms with van der Waals surface area (Å²) in [7, 11) is 0. The molecule has 0 nitrogen and oxygen atoms in total. The molecule has 0 N–H and O–H groups in total. The molecule has 0 saturated heterocycles. The van der Waals surface area contributed by atoms with E-state index in [2.05, 4.69) is 27.7 Å². The highest BCUT2D eigenvalue weighted by molar-refractivity contribution is 4.81. The van der Waals surface area contributed by atoms with Crippen molar-refractivity contribution in [2.45, 2.75) is 105 Å². The Morgan fingerprint density at radius 1 is 0.864 bits per heavy atom. The van der Waals surface area contributed by atoms with E-state index in [9.17, 15) is 0 Å². The van der Waals surface area contributed by atoms with E-state index in [0.717, 1.165) is 35.5 Å². The third-order valence-electron chi connectivity index (χ3n) is 6.90. The van der Waals surface area contributed by atoms with Crippen LogP contribution in [0.4, 0.5) is 0 Å². The van der Waals surface area contributed by atoms with Crippen LogP contribution in [-0.2, 0) is 0 Å². The molecule has 0 amide bonds. The van der Waals surface area contributed by atoms with Crippen LogP contribution < -0.4 is 0 Å². The lowest BCUT2D eigenvalue weighted by Gasteiger charge is -2.38. The van der Waals surface area contributed by atoms with Gasteiger partial charge in [-0.15, -0.1) is 0 Å². The zero-order valence-electron chi connectivity index (χ0n) is 15.9. The first kappa shape index (κ1) is 18.3. The van der Waals surface area contributed by atoms with Gasteiger partial charge in [0.25, 0.3) is 0 Å². The van der Waals surface area contributed by atoms with Gasteiger partial charge in [-0.2, -0.15) is 0 Å². The quantitative estimate of drug-likeness (QED) is 0.446. The van der Waals surface area contributed by atoms with Gasteiger partial charge in [0, 0.05) is 0 Å². The zero-order valence-corrected chi connectivity index (χ0v) is 15.9. The molecule has 2 fully saturated rings. The van der Waals surface area contributed by atoms with Gasteiger partial charge in [-0.05, 0) is 61.2 Å². The van der Waals surface area contributed by atoms with Gasteiger partial charge in [-0.25, -0.2) is 0 Å². The minimum Gasteiger partial charge on any atom is -0.0625 e. The first-order valence-electron chi connectivity index (χ1n) is 10.6. The molecule has 0 bridgehead atoms. The molecule has 2 aliphatic carbocycles. The average molecular weight is 307 g/mol. The lowest BCUT2D eigenvalue weighted by atomic mass is 9.68. The van der Waals surface area contributed by atoms with Crippen LogP contribution in [0, 0.1) is 35.5 Å². The van der Waals surface area contributed by atoms with Gasteiger partial charge in [0.05, 0.1) is 0 Å². The van der Waals surface area contributed by atoms with Crippen molar-refractivity contribution in [3.05, 3.63) is 0 Å². The summed E-state index contributed by atoms with van der Waals surface area (Å²) in [6.45, 7) is 9.95. The molecular weight excluding hydrogens is 264 g/mol.